The summed E-state index contributed by atoms with van der Waals surface area (Å²) in [7, 11) is 0. The third kappa shape index (κ3) is 3.13. The van der Waals surface area contributed by atoms with Crippen molar-refractivity contribution in [2.45, 2.75) is 6.42 Å². The van der Waals surface area contributed by atoms with Gasteiger partial charge in [-0.3, -0.25) is 19.2 Å². The average molecular weight is 501 g/mol. The number of ketones is 1. The monoisotopic (exact) mass is 500 g/mol. The zero-order valence-electron chi connectivity index (χ0n) is 17.2. The summed E-state index contributed by atoms with van der Waals surface area (Å²) in [6.45, 7) is -0.440. The Morgan fingerprint density at radius 1 is 1.03 bits per heavy atom. The molecule has 2 heterocycles. The van der Waals surface area contributed by atoms with E-state index in [2.05, 4.69) is 12.2 Å². The SMILES string of the molecule is O=C(CN(C(=O)c1ccc(Cl)cc1Cl)N1C(=O)[C@@H]2[C@H]3C=C[C@@H]([C@@H]4C[C@H]34)[C@H]2C1=O)c1cccs1. The lowest BCUT2D eigenvalue weighted by atomic mass is 9.63. The van der Waals surface area contributed by atoms with Crippen LogP contribution >= 0.6 is 34.5 Å². The number of halogens is 2. The number of thiophene rings is 1. The average Bonchev–Trinajstić information content (AvgIpc) is 3.36. The summed E-state index contributed by atoms with van der Waals surface area (Å²) >= 11 is 13.5. The number of imide groups is 1. The van der Waals surface area contributed by atoms with Crippen LogP contribution in [0.1, 0.15) is 26.5 Å². The smallest absolute Gasteiger partial charge is 0.274 e. The van der Waals surface area contributed by atoms with Gasteiger partial charge in [-0.1, -0.05) is 41.4 Å². The number of rotatable bonds is 5. The number of benzene rings is 1. The van der Waals surface area contributed by atoms with Crippen LogP contribution in [0.2, 0.25) is 10.0 Å². The summed E-state index contributed by atoms with van der Waals surface area (Å²) in [4.78, 5) is 54.2. The van der Waals surface area contributed by atoms with Gasteiger partial charge in [0, 0.05) is 5.02 Å². The van der Waals surface area contributed by atoms with Gasteiger partial charge >= 0.3 is 0 Å². The second-order valence-corrected chi connectivity index (χ2v) is 10.8. The summed E-state index contributed by atoms with van der Waals surface area (Å²) in [5.41, 5.74) is 0.0689. The molecule has 4 aliphatic carbocycles. The van der Waals surface area contributed by atoms with Crippen LogP contribution in [0, 0.1) is 35.5 Å². The lowest BCUT2D eigenvalue weighted by molar-refractivity contribution is -0.154. The quantitative estimate of drug-likeness (QED) is 0.347. The molecule has 33 heavy (non-hydrogen) atoms. The first kappa shape index (κ1) is 21.1. The molecule has 168 valence electrons. The number of hydrogen-bond acceptors (Lipinski definition) is 5. The summed E-state index contributed by atoms with van der Waals surface area (Å²) in [6.07, 6.45) is 5.16. The molecule has 5 aliphatic rings. The second-order valence-electron chi connectivity index (χ2n) is 9.03. The van der Waals surface area contributed by atoms with E-state index in [-0.39, 0.29) is 28.2 Å². The fourth-order valence-electron chi connectivity index (χ4n) is 5.87. The van der Waals surface area contributed by atoms with E-state index in [1.165, 1.54) is 29.5 Å². The molecule has 9 heteroatoms. The molecule has 0 unspecified atom stereocenters. The molecule has 2 bridgehead atoms. The number of Topliss-reactive ketones (excluding diaryl/α,β-unsaturated/α-hetero) is 1. The van der Waals surface area contributed by atoms with Crippen molar-refractivity contribution < 1.29 is 19.2 Å². The van der Waals surface area contributed by atoms with Gasteiger partial charge in [-0.25, -0.2) is 5.01 Å². The van der Waals surface area contributed by atoms with E-state index in [0.717, 1.165) is 16.4 Å². The number of amides is 3. The van der Waals surface area contributed by atoms with E-state index in [1.54, 1.807) is 17.5 Å². The van der Waals surface area contributed by atoms with E-state index in [0.29, 0.717) is 21.7 Å². The van der Waals surface area contributed by atoms with Crippen LogP contribution in [-0.4, -0.2) is 40.1 Å². The Hall–Kier alpha value is -2.48. The van der Waals surface area contributed by atoms with E-state index < -0.39 is 36.1 Å². The molecule has 1 aliphatic heterocycles. The molecule has 1 saturated heterocycles. The van der Waals surface area contributed by atoms with E-state index in [9.17, 15) is 19.2 Å². The summed E-state index contributed by atoms with van der Waals surface area (Å²) in [6, 6.07) is 7.74. The van der Waals surface area contributed by atoms with Crippen LogP contribution in [0.4, 0.5) is 0 Å². The highest BCUT2D eigenvalue weighted by molar-refractivity contribution is 7.12. The fraction of sp³-hybridized carbons (Fsp3) is 0.333. The Morgan fingerprint density at radius 3 is 2.27 bits per heavy atom. The van der Waals surface area contributed by atoms with Crippen LogP contribution < -0.4 is 0 Å². The van der Waals surface area contributed by atoms with Gasteiger partial charge < -0.3 is 0 Å². The van der Waals surface area contributed by atoms with Crippen molar-refractivity contribution in [3.63, 3.8) is 0 Å². The molecule has 7 rings (SSSR count). The lowest BCUT2D eigenvalue weighted by Crippen LogP contribution is -2.52. The molecule has 3 fully saturated rings. The van der Waals surface area contributed by atoms with Gasteiger partial charge in [-0.05, 0) is 59.7 Å². The van der Waals surface area contributed by atoms with Crippen LogP contribution in [-0.2, 0) is 9.59 Å². The largest absolute Gasteiger partial charge is 0.291 e. The summed E-state index contributed by atoms with van der Waals surface area (Å²) in [5.74, 6) is -1.95. The van der Waals surface area contributed by atoms with Crippen molar-refractivity contribution in [2.75, 3.05) is 6.54 Å². The third-order valence-electron chi connectivity index (χ3n) is 7.37. The van der Waals surface area contributed by atoms with Crippen molar-refractivity contribution in [3.8, 4) is 0 Å². The Kier molecular flexibility index (Phi) is 4.80. The predicted octanol–water partition coefficient (Wildman–Crippen LogP) is 4.35. The first-order chi connectivity index (χ1) is 15.9. The van der Waals surface area contributed by atoms with Crippen LogP contribution in [0.25, 0.3) is 0 Å². The number of hydrazine groups is 1. The van der Waals surface area contributed by atoms with E-state index >= 15 is 0 Å². The molecular weight excluding hydrogens is 483 g/mol. The van der Waals surface area contributed by atoms with Crippen molar-refractivity contribution in [1.82, 2.24) is 10.0 Å². The molecule has 6 atom stereocenters. The minimum absolute atomic E-state index is 0.00974. The molecule has 6 nitrogen and oxygen atoms in total. The standard InChI is InChI=1S/C24H18Cl2N2O4S/c25-11-3-4-14(17(26)8-11)22(30)27(10-18(29)19-2-1-7-33-19)28-23(31)20-12-5-6-13(16-9-15(12)16)21(20)24(28)32/h1-8,12-13,15-16,20-21H,9-10H2/t12-,13-,15-,16+,20+,21+/m0/s1. The van der Waals surface area contributed by atoms with Gasteiger partial charge in [0.1, 0.15) is 6.54 Å². The Balaban J connectivity index is 1.39. The maximum absolute atomic E-state index is 13.6. The summed E-state index contributed by atoms with van der Waals surface area (Å²) in [5, 5.41) is 4.09. The van der Waals surface area contributed by atoms with Gasteiger partial charge in [-0.15, -0.1) is 11.3 Å². The van der Waals surface area contributed by atoms with Crippen LogP contribution in [0.5, 0.6) is 0 Å². The van der Waals surface area contributed by atoms with Crippen molar-refractivity contribution in [2.24, 2.45) is 35.5 Å². The summed E-state index contributed by atoms with van der Waals surface area (Å²) < 4.78 is 0. The molecule has 0 radical (unpaired) electrons. The first-order valence-electron chi connectivity index (χ1n) is 10.8. The Bertz CT molecular complexity index is 1210. The zero-order valence-corrected chi connectivity index (χ0v) is 19.5. The number of carbonyl (C=O) groups excluding carboxylic acids is 4. The molecule has 0 N–H and O–H groups in total. The number of hydrogen-bond donors (Lipinski definition) is 0. The minimum atomic E-state index is -0.688. The molecule has 2 saturated carbocycles. The number of nitrogens with zero attached hydrogens (tertiary/aromatic N) is 2. The van der Waals surface area contributed by atoms with Gasteiger partial charge in [0.2, 0.25) is 0 Å². The van der Waals surface area contributed by atoms with Gasteiger partial charge in [0.15, 0.2) is 5.78 Å². The Labute approximate surface area is 203 Å². The molecule has 2 aromatic rings. The fourth-order valence-corrected chi connectivity index (χ4v) is 7.01. The van der Waals surface area contributed by atoms with Crippen molar-refractivity contribution in [3.05, 3.63) is 68.3 Å². The molecular formula is C24H18Cl2N2O4S. The first-order valence-corrected chi connectivity index (χ1v) is 12.4. The Morgan fingerprint density at radius 2 is 1.70 bits per heavy atom. The molecule has 1 aromatic carbocycles. The highest BCUT2D eigenvalue weighted by Gasteiger charge is 2.68. The predicted molar refractivity (Wildman–Crippen MR) is 123 cm³/mol. The maximum atomic E-state index is 13.6. The highest BCUT2D eigenvalue weighted by Crippen LogP contribution is 2.65. The van der Waals surface area contributed by atoms with Gasteiger partial charge in [-0.2, -0.15) is 5.01 Å². The molecule has 3 amide bonds. The highest BCUT2D eigenvalue weighted by atomic mass is 35.5. The number of allylic oxidation sites excluding steroid dienone is 2. The topological polar surface area (TPSA) is 74.8 Å². The van der Waals surface area contributed by atoms with Crippen LogP contribution in [0.15, 0.2) is 47.9 Å². The van der Waals surface area contributed by atoms with Gasteiger partial charge in [0.25, 0.3) is 17.7 Å². The van der Waals surface area contributed by atoms with Gasteiger partial charge in [0.05, 0.1) is 27.3 Å². The normalized spacial score (nSPS) is 30.9. The molecule has 0 spiro atoms. The van der Waals surface area contributed by atoms with Crippen molar-refractivity contribution >= 4 is 58.0 Å². The zero-order chi connectivity index (χ0) is 23.0. The lowest BCUT2D eigenvalue weighted by Gasteiger charge is -2.37. The van der Waals surface area contributed by atoms with Crippen LogP contribution in [0.3, 0.4) is 0 Å². The second kappa shape index (κ2) is 7.52. The minimum Gasteiger partial charge on any atom is -0.291 e. The number of carbonyl (C=O) groups is 4. The van der Waals surface area contributed by atoms with Crippen molar-refractivity contribution in [1.29, 1.82) is 0 Å². The van der Waals surface area contributed by atoms with E-state index in [4.69, 9.17) is 23.2 Å². The third-order valence-corrected chi connectivity index (χ3v) is 8.83. The van der Waals surface area contributed by atoms with E-state index in [1.807, 2.05) is 0 Å². The molecule has 1 aromatic heterocycles. The maximum Gasteiger partial charge on any atom is 0.274 e.